The normalized spacial score (nSPS) is 12.8. The largest absolute Gasteiger partial charge is 0.331 e. The molecule has 3 aromatic rings. The van der Waals surface area contributed by atoms with Gasteiger partial charge in [0.15, 0.2) is 0 Å². The molecular weight excluding hydrogens is 248 g/mol. The molecule has 1 aromatic carbocycles. The van der Waals surface area contributed by atoms with Gasteiger partial charge in [0, 0.05) is 19.7 Å². The number of hydrogen-bond acceptors (Lipinski definition) is 3. The molecule has 4 heteroatoms. The van der Waals surface area contributed by atoms with E-state index >= 15 is 0 Å². The van der Waals surface area contributed by atoms with Gasteiger partial charge in [-0.05, 0) is 30.7 Å². The van der Waals surface area contributed by atoms with Crippen molar-refractivity contribution in [3.8, 4) is 0 Å². The standard InChI is InChI=1S/C16H18N4/c1-11-6-5-9-18-16(11)12(17)10-15-19-13-7-3-4-8-14(13)20(15)2/h3-9,12H,10,17H2,1-2H3. The zero-order valence-electron chi connectivity index (χ0n) is 11.7. The Morgan fingerprint density at radius 2 is 2.00 bits per heavy atom. The minimum Gasteiger partial charge on any atom is -0.331 e. The van der Waals surface area contributed by atoms with Crippen molar-refractivity contribution in [3.05, 3.63) is 59.7 Å². The van der Waals surface area contributed by atoms with E-state index in [0.29, 0.717) is 6.42 Å². The van der Waals surface area contributed by atoms with Gasteiger partial charge in [-0.2, -0.15) is 0 Å². The number of hydrogen-bond donors (Lipinski definition) is 1. The molecule has 0 amide bonds. The van der Waals surface area contributed by atoms with Gasteiger partial charge in [-0.1, -0.05) is 18.2 Å². The molecule has 0 saturated carbocycles. The Labute approximate surface area is 118 Å². The van der Waals surface area contributed by atoms with E-state index in [2.05, 4.69) is 20.6 Å². The number of pyridine rings is 1. The molecule has 0 aliphatic rings. The molecule has 3 rings (SSSR count). The van der Waals surface area contributed by atoms with Gasteiger partial charge in [-0.3, -0.25) is 4.98 Å². The lowest BCUT2D eigenvalue weighted by atomic mass is 10.1. The van der Waals surface area contributed by atoms with E-state index in [-0.39, 0.29) is 6.04 Å². The number of aryl methyl sites for hydroxylation is 2. The first-order chi connectivity index (χ1) is 9.66. The summed E-state index contributed by atoms with van der Waals surface area (Å²) < 4.78 is 2.10. The maximum atomic E-state index is 6.30. The number of nitrogens with zero attached hydrogens (tertiary/aromatic N) is 3. The minimum atomic E-state index is -0.133. The van der Waals surface area contributed by atoms with E-state index < -0.39 is 0 Å². The molecule has 4 nitrogen and oxygen atoms in total. The summed E-state index contributed by atoms with van der Waals surface area (Å²) in [6.45, 7) is 2.04. The molecule has 0 saturated heterocycles. The summed E-state index contributed by atoms with van der Waals surface area (Å²) in [5.74, 6) is 0.990. The number of para-hydroxylation sites is 2. The van der Waals surface area contributed by atoms with Crippen LogP contribution in [-0.4, -0.2) is 14.5 Å². The number of benzene rings is 1. The second-order valence-corrected chi connectivity index (χ2v) is 5.09. The fourth-order valence-corrected chi connectivity index (χ4v) is 2.56. The first-order valence-electron chi connectivity index (χ1n) is 6.74. The van der Waals surface area contributed by atoms with Gasteiger partial charge in [0.1, 0.15) is 5.82 Å². The third-order valence-electron chi connectivity index (χ3n) is 3.68. The van der Waals surface area contributed by atoms with Crippen LogP contribution in [-0.2, 0) is 13.5 Å². The summed E-state index contributed by atoms with van der Waals surface area (Å²) in [6, 6.07) is 12.0. The van der Waals surface area contributed by atoms with Crippen molar-refractivity contribution < 1.29 is 0 Å². The second kappa shape index (κ2) is 5.06. The van der Waals surface area contributed by atoms with E-state index in [1.807, 2.05) is 44.3 Å². The number of rotatable bonds is 3. The van der Waals surface area contributed by atoms with Crippen molar-refractivity contribution in [3.63, 3.8) is 0 Å². The average molecular weight is 266 g/mol. The molecule has 2 aromatic heterocycles. The summed E-state index contributed by atoms with van der Waals surface area (Å²) in [6.07, 6.45) is 2.47. The highest BCUT2D eigenvalue weighted by Gasteiger charge is 2.15. The predicted octanol–water partition coefficient (Wildman–Crippen LogP) is 2.52. The molecule has 1 atom stereocenters. The summed E-state index contributed by atoms with van der Waals surface area (Å²) in [4.78, 5) is 9.06. The average Bonchev–Trinajstić information content (AvgIpc) is 2.76. The lowest BCUT2D eigenvalue weighted by molar-refractivity contribution is 0.644. The van der Waals surface area contributed by atoms with E-state index in [9.17, 15) is 0 Å². The first-order valence-corrected chi connectivity index (χ1v) is 6.74. The van der Waals surface area contributed by atoms with E-state index in [1.165, 1.54) is 0 Å². The van der Waals surface area contributed by atoms with Gasteiger partial charge in [-0.15, -0.1) is 0 Å². The molecule has 0 aliphatic heterocycles. The quantitative estimate of drug-likeness (QED) is 0.792. The minimum absolute atomic E-state index is 0.133. The highest BCUT2D eigenvalue weighted by atomic mass is 15.1. The molecular formula is C16H18N4. The summed E-state index contributed by atoms with van der Waals surface area (Å²) in [5.41, 5.74) is 10.5. The highest BCUT2D eigenvalue weighted by Crippen LogP contribution is 2.20. The van der Waals surface area contributed by atoms with Crippen LogP contribution in [0.25, 0.3) is 11.0 Å². The fraction of sp³-hybridized carbons (Fsp3) is 0.250. The van der Waals surface area contributed by atoms with Crippen molar-refractivity contribution >= 4 is 11.0 Å². The fourth-order valence-electron chi connectivity index (χ4n) is 2.56. The topological polar surface area (TPSA) is 56.7 Å². The van der Waals surface area contributed by atoms with Crippen molar-refractivity contribution in [2.24, 2.45) is 12.8 Å². The predicted molar refractivity (Wildman–Crippen MR) is 80.3 cm³/mol. The van der Waals surface area contributed by atoms with Crippen molar-refractivity contribution in [1.82, 2.24) is 14.5 Å². The Hall–Kier alpha value is -2.20. The van der Waals surface area contributed by atoms with E-state index in [4.69, 9.17) is 5.73 Å². The Morgan fingerprint density at radius 1 is 1.20 bits per heavy atom. The van der Waals surface area contributed by atoms with Crippen molar-refractivity contribution in [2.45, 2.75) is 19.4 Å². The number of aromatic nitrogens is 3. The summed E-state index contributed by atoms with van der Waals surface area (Å²) in [5, 5.41) is 0. The van der Waals surface area contributed by atoms with Crippen LogP contribution < -0.4 is 5.73 Å². The Kier molecular flexibility index (Phi) is 3.24. The number of fused-ring (bicyclic) bond motifs is 1. The SMILES string of the molecule is Cc1cccnc1C(N)Cc1nc2ccccc2n1C. The maximum absolute atomic E-state index is 6.30. The molecule has 0 fully saturated rings. The van der Waals surface area contributed by atoms with Gasteiger partial charge in [0.25, 0.3) is 0 Å². The second-order valence-electron chi connectivity index (χ2n) is 5.09. The third kappa shape index (κ3) is 2.18. The highest BCUT2D eigenvalue weighted by molar-refractivity contribution is 5.75. The Balaban J connectivity index is 1.93. The smallest absolute Gasteiger partial charge is 0.111 e. The van der Waals surface area contributed by atoms with Gasteiger partial charge in [-0.25, -0.2) is 4.98 Å². The molecule has 2 heterocycles. The molecule has 1 unspecified atom stereocenters. The molecule has 0 aliphatic carbocycles. The van der Waals surface area contributed by atoms with Crippen molar-refractivity contribution in [1.29, 1.82) is 0 Å². The van der Waals surface area contributed by atoms with Crippen LogP contribution in [0.15, 0.2) is 42.6 Å². The van der Waals surface area contributed by atoms with Crippen LogP contribution in [0.1, 0.15) is 23.1 Å². The van der Waals surface area contributed by atoms with Crippen molar-refractivity contribution in [2.75, 3.05) is 0 Å². The molecule has 102 valence electrons. The lowest BCUT2D eigenvalue weighted by Crippen LogP contribution is -2.18. The van der Waals surface area contributed by atoms with Gasteiger partial charge < -0.3 is 10.3 Å². The zero-order chi connectivity index (χ0) is 14.1. The molecule has 20 heavy (non-hydrogen) atoms. The van der Waals surface area contributed by atoms with Crippen LogP contribution in [0.2, 0.25) is 0 Å². The van der Waals surface area contributed by atoms with Crippen LogP contribution in [0.5, 0.6) is 0 Å². The van der Waals surface area contributed by atoms with Gasteiger partial charge >= 0.3 is 0 Å². The lowest BCUT2D eigenvalue weighted by Gasteiger charge is -2.13. The molecule has 0 bridgehead atoms. The Bertz CT molecular complexity index is 745. The van der Waals surface area contributed by atoms with E-state index in [0.717, 1.165) is 28.1 Å². The summed E-state index contributed by atoms with van der Waals surface area (Å²) in [7, 11) is 2.03. The zero-order valence-corrected chi connectivity index (χ0v) is 11.7. The Morgan fingerprint density at radius 3 is 2.75 bits per heavy atom. The maximum Gasteiger partial charge on any atom is 0.111 e. The van der Waals surface area contributed by atoms with E-state index in [1.54, 1.807) is 6.20 Å². The summed E-state index contributed by atoms with van der Waals surface area (Å²) >= 11 is 0. The molecule has 2 N–H and O–H groups in total. The number of imidazole rings is 1. The first kappa shape index (κ1) is 12.8. The molecule has 0 radical (unpaired) electrons. The third-order valence-corrected chi connectivity index (χ3v) is 3.68. The van der Waals surface area contributed by atoms with Crippen LogP contribution in [0, 0.1) is 6.92 Å². The van der Waals surface area contributed by atoms with Crippen LogP contribution >= 0.6 is 0 Å². The monoisotopic (exact) mass is 266 g/mol. The van der Waals surface area contributed by atoms with Crippen LogP contribution in [0.3, 0.4) is 0 Å². The number of nitrogens with two attached hydrogens (primary N) is 1. The molecule has 0 spiro atoms. The van der Waals surface area contributed by atoms with Gasteiger partial charge in [0.2, 0.25) is 0 Å². The van der Waals surface area contributed by atoms with Gasteiger partial charge in [0.05, 0.1) is 22.8 Å². The van der Waals surface area contributed by atoms with Crippen LogP contribution in [0.4, 0.5) is 0 Å².